The molecule has 4 heterocycles. The summed E-state index contributed by atoms with van der Waals surface area (Å²) in [4.78, 5) is 21.8. The monoisotopic (exact) mass is 1740 g/mol. The topological polar surface area (TPSA) is 51.6 Å². The van der Waals surface area contributed by atoms with Crippen LogP contribution >= 0.6 is 0 Å². The number of fused-ring (bicyclic) bond motifs is 18. The Morgan fingerprint density at radius 2 is 0.346 bits per heavy atom. The molecule has 0 amide bonds. The predicted octanol–water partition coefficient (Wildman–Crippen LogP) is 34.8. The van der Waals surface area contributed by atoms with Crippen LogP contribution in [0.4, 0.5) is 0 Å². The number of benzene rings is 18. The van der Waals surface area contributed by atoms with Crippen LogP contribution in [-0.4, -0.2) is 19.9 Å². The second kappa shape index (κ2) is 31.7. The molecule has 0 unspecified atom stereocenters. The molecule has 0 bridgehead atoms. The van der Waals surface area contributed by atoms with Crippen molar-refractivity contribution in [3.05, 3.63) is 481 Å². The summed E-state index contributed by atoms with van der Waals surface area (Å²) in [7, 11) is 0. The van der Waals surface area contributed by atoms with Crippen molar-refractivity contribution < 1.29 is 0 Å². The number of aromatic nitrogens is 4. The quantitative estimate of drug-likeness (QED) is 0.114. The average molecular weight is 1740 g/mol. The van der Waals surface area contributed by atoms with E-state index in [0.29, 0.717) is 0 Å². The molecule has 4 nitrogen and oxygen atoms in total. The SMILES string of the molecule is CC1(C)c2ccccc2-c2ccc(-c3cc(-c4ccc(-c5cc(-c6ccccc6)cc(-c6ccccc6)n5)cc4)c4cc(-c5ccc6c(c5)C(C)(C)c5ccccc5-6)c5ccccc5c4n3)cc21.CC1(C)c2ccccc2-c2ccc(-c3cc(-c4ccc(-c5cc(-c6ccccc6)nc(-c6ccccc6)c5)cc4)c4cc(-c5ccc6c(c5)C(C)(C)c5ccccc5-6)c5ccccc5c4n3)cc21. The Kier molecular flexibility index (Phi) is 19.0. The van der Waals surface area contributed by atoms with E-state index >= 15 is 0 Å². The van der Waals surface area contributed by atoms with E-state index in [4.69, 9.17) is 19.9 Å². The van der Waals surface area contributed by atoms with E-state index in [9.17, 15) is 0 Å². The van der Waals surface area contributed by atoms with Crippen molar-refractivity contribution in [2.45, 2.75) is 77.0 Å². The van der Waals surface area contributed by atoms with Gasteiger partial charge in [0, 0.05) is 76.6 Å². The fourth-order valence-corrected chi connectivity index (χ4v) is 22.9. The lowest BCUT2D eigenvalue weighted by Crippen LogP contribution is -2.15. The van der Waals surface area contributed by atoms with Gasteiger partial charge in [0.2, 0.25) is 0 Å². The highest BCUT2D eigenvalue weighted by Gasteiger charge is 2.40. The molecule has 4 aliphatic rings. The fraction of sp³-hybridized carbons (Fsp3) is 0.0909. The van der Waals surface area contributed by atoms with Crippen molar-refractivity contribution in [2.75, 3.05) is 0 Å². The Morgan fingerprint density at radius 3 is 0.676 bits per heavy atom. The number of nitrogens with zero attached hydrogens (tertiary/aromatic N) is 4. The summed E-state index contributed by atoms with van der Waals surface area (Å²) in [5.41, 5.74) is 49.4. The summed E-state index contributed by atoms with van der Waals surface area (Å²) < 4.78 is 0. The van der Waals surface area contributed by atoms with E-state index in [-0.39, 0.29) is 21.7 Å². The summed E-state index contributed by atoms with van der Waals surface area (Å²) >= 11 is 0. The minimum absolute atomic E-state index is 0.109. The standard InChI is InChI=1S/2C66H48N2/c1-65(2)57-25-15-13-22-49(57)51-33-31-45(35-59(51)65)54-39-56-55(42-29-27-41(28-30-42)47-37-61(43-17-7-5-8-18-43)67-62(38-47)44-19-9-6-10-20-44)40-63(68-64(56)53-24-12-11-21-48(53)54)46-32-34-52-50-23-14-16-26-58(50)66(3,4)60(52)36-46;1-65(2)57-25-15-13-22-49(57)51-33-31-45(35-59(51)65)54-39-56-55(42-27-29-44(30-28-42)62-38-47(41-17-7-5-8-18-41)37-61(67-62)43-19-9-6-10-20-43)40-63(68-64(56)53-24-12-11-21-48(53)54)46-32-34-52-50-23-14-16-26-58(50)66(3,4)60(52)36-46/h2*5-40H,1-4H3. The number of hydrogen-bond donors (Lipinski definition) is 0. The normalized spacial score (nSPS) is 13.8. The number of pyridine rings is 4. The van der Waals surface area contributed by atoms with Gasteiger partial charge in [0.1, 0.15) is 0 Å². The first kappa shape index (κ1) is 81.6. The highest BCUT2D eigenvalue weighted by atomic mass is 14.7. The molecular weight excluding hydrogens is 1640 g/mol. The van der Waals surface area contributed by atoms with Crippen LogP contribution in [-0.2, 0) is 21.7 Å². The molecule has 26 rings (SSSR count). The molecule has 644 valence electrons. The Hall–Kier alpha value is -16.4. The first-order valence-electron chi connectivity index (χ1n) is 47.6. The fourth-order valence-electron chi connectivity index (χ4n) is 22.9. The van der Waals surface area contributed by atoms with Gasteiger partial charge in [-0.3, -0.25) is 0 Å². The molecule has 0 spiro atoms. The molecule has 0 saturated heterocycles. The minimum Gasteiger partial charge on any atom is -0.248 e. The highest BCUT2D eigenvalue weighted by molar-refractivity contribution is 6.18. The molecule has 4 aromatic heterocycles. The van der Waals surface area contributed by atoms with Crippen LogP contribution in [0.15, 0.2) is 437 Å². The lowest BCUT2D eigenvalue weighted by molar-refractivity contribution is 0.660. The van der Waals surface area contributed by atoms with Gasteiger partial charge in [-0.2, -0.15) is 0 Å². The maximum atomic E-state index is 5.66. The average Bonchev–Trinajstić information content (AvgIpc) is 1.74. The third kappa shape index (κ3) is 13.4. The van der Waals surface area contributed by atoms with Crippen LogP contribution in [0, 0.1) is 0 Å². The largest absolute Gasteiger partial charge is 0.248 e. The summed E-state index contributed by atoms with van der Waals surface area (Å²) in [5, 5.41) is 6.95. The predicted molar refractivity (Wildman–Crippen MR) is 570 cm³/mol. The molecule has 0 atom stereocenters. The first-order chi connectivity index (χ1) is 66.4. The van der Waals surface area contributed by atoms with Crippen LogP contribution in [0.2, 0.25) is 0 Å². The third-order valence-corrected chi connectivity index (χ3v) is 30.2. The van der Waals surface area contributed by atoms with Gasteiger partial charge in [-0.1, -0.05) is 419 Å². The van der Waals surface area contributed by atoms with Gasteiger partial charge < -0.3 is 0 Å². The van der Waals surface area contributed by atoms with Crippen LogP contribution < -0.4 is 0 Å². The van der Waals surface area contributed by atoms with Crippen molar-refractivity contribution in [3.8, 4) is 179 Å². The zero-order chi connectivity index (χ0) is 91.5. The number of hydrogen-bond acceptors (Lipinski definition) is 4. The summed E-state index contributed by atoms with van der Waals surface area (Å²) in [6.07, 6.45) is 0. The van der Waals surface area contributed by atoms with E-state index < -0.39 is 0 Å². The molecule has 136 heavy (non-hydrogen) atoms. The van der Waals surface area contributed by atoms with Crippen LogP contribution in [0.5, 0.6) is 0 Å². The molecule has 0 saturated carbocycles. The van der Waals surface area contributed by atoms with Crippen LogP contribution in [0.3, 0.4) is 0 Å². The molecule has 0 fully saturated rings. The molecule has 22 aromatic rings. The van der Waals surface area contributed by atoms with E-state index in [1.54, 1.807) is 0 Å². The summed E-state index contributed by atoms with van der Waals surface area (Å²) in [5.74, 6) is 0. The summed E-state index contributed by atoms with van der Waals surface area (Å²) in [6, 6.07) is 160. The van der Waals surface area contributed by atoms with Gasteiger partial charge in [0.05, 0.1) is 45.2 Å². The van der Waals surface area contributed by atoms with Gasteiger partial charge in [-0.25, -0.2) is 19.9 Å². The van der Waals surface area contributed by atoms with Crippen LogP contribution in [0.1, 0.15) is 99.9 Å². The lowest BCUT2D eigenvalue weighted by Gasteiger charge is -2.22. The minimum atomic E-state index is -0.128. The van der Waals surface area contributed by atoms with Crippen LogP contribution in [0.25, 0.3) is 222 Å². The smallest absolute Gasteiger partial charge is 0.0794 e. The van der Waals surface area contributed by atoms with Crippen molar-refractivity contribution in [2.24, 2.45) is 0 Å². The van der Waals surface area contributed by atoms with Gasteiger partial charge >= 0.3 is 0 Å². The van der Waals surface area contributed by atoms with Gasteiger partial charge in [0.25, 0.3) is 0 Å². The Labute approximate surface area is 794 Å². The van der Waals surface area contributed by atoms with Crippen molar-refractivity contribution >= 4 is 43.4 Å². The molecule has 4 heteroatoms. The highest BCUT2D eigenvalue weighted by Crippen LogP contribution is 2.57. The molecule has 0 radical (unpaired) electrons. The van der Waals surface area contributed by atoms with E-state index in [0.717, 1.165) is 139 Å². The lowest BCUT2D eigenvalue weighted by atomic mass is 9.81. The van der Waals surface area contributed by atoms with Crippen molar-refractivity contribution in [1.29, 1.82) is 0 Å². The molecule has 0 aliphatic heterocycles. The van der Waals surface area contributed by atoms with Gasteiger partial charge in [0.15, 0.2) is 0 Å². The Bertz CT molecular complexity index is 8040. The Balaban J connectivity index is 0.000000145. The Morgan fingerprint density at radius 1 is 0.125 bits per heavy atom. The zero-order valence-corrected chi connectivity index (χ0v) is 77.4. The van der Waals surface area contributed by atoms with Gasteiger partial charge in [-0.05, 0) is 239 Å². The molecular formula is C132H96N4. The molecule has 4 aliphatic carbocycles. The first-order valence-corrected chi connectivity index (χ1v) is 47.6. The second-order valence-corrected chi connectivity index (χ2v) is 39.4. The van der Waals surface area contributed by atoms with E-state index in [2.05, 4.69) is 492 Å². The van der Waals surface area contributed by atoms with E-state index in [1.165, 1.54) is 128 Å². The van der Waals surface area contributed by atoms with Gasteiger partial charge in [-0.15, -0.1) is 0 Å². The maximum Gasteiger partial charge on any atom is 0.0794 e. The molecule has 0 N–H and O–H groups in total. The van der Waals surface area contributed by atoms with Crippen molar-refractivity contribution in [1.82, 2.24) is 19.9 Å². The maximum absolute atomic E-state index is 5.66. The third-order valence-electron chi connectivity index (χ3n) is 30.2. The van der Waals surface area contributed by atoms with E-state index in [1.807, 2.05) is 0 Å². The number of rotatable bonds is 12. The zero-order valence-electron chi connectivity index (χ0n) is 77.4. The second-order valence-electron chi connectivity index (χ2n) is 39.4. The van der Waals surface area contributed by atoms with Crippen molar-refractivity contribution in [3.63, 3.8) is 0 Å². The summed E-state index contributed by atoms with van der Waals surface area (Å²) in [6.45, 7) is 18.9. The molecule has 18 aromatic carbocycles.